The number of carbonyl (C=O) groups excluding carboxylic acids is 1. The number of hydrogen-bond acceptors (Lipinski definition) is 3. The Labute approximate surface area is 124 Å². The molecular weight excluding hydrogens is 277 g/mol. The van der Waals surface area contributed by atoms with E-state index in [-0.39, 0.29) is 23.7 Å². The van der Waals surface area contributed by atoms with Gasteiger partial charge < -0.3 is 10.4 Å². The molecule has 2 N–H and O–H groups in total. The van der Waals surface area contributed by atoms with Gasteiger partial charge in [0.1, 0.15) is 5.82 Å². The maximum absolute atomic E-state index is 12.7. The van der Waals surface area contributed by atoms with Gasteiger partial charge in [-0.3, -0.25) is 4.79 Å². The van der Waals surface area contributed by atoms with Crippen molar-refractivity contribution in [3.63, 3.8) is 0 Å². The molecule has 1 amide bonds. The zero-order chi connectivity index (χ0) is 15.0. The van der Waals surface area contributed by atoms with E-state index in [2.05, 4.69) is 5.32 Å². The molecule has 0 spiro atoms. The van der Waals surface area contributed by atoms with Crippen molar-refractivity contribution in [3.05, 3.63) is 35.6 Å². The maximum atomic E-state index is 12.7. The van der Waals surface area contributed by atoms with Gasteiger partial charge in [0.15, 0.2) is 0 Å². The lowest BCUT2D eigenvalue weighted by atomic mass is 9.90. The fourth-order valence-electron chi connectivity index (χ4n) is 1.62. The molecule has 20 heavy (non-hydrogen) atoms. The van der Waals surface area contributed by atoms with Crippen LogP contribution in [-0.2, 0) is 10.5 Å². The number of halogens is 1. The summed E-state index contributed by atoms with van der Waals surface area (Å²) in [7, 11) is 0. The summed E-state index contributed by atoms with van der Waals surface area (Å²) in [6.07, 6.45) is 0.663. The van der Waals surface area contributed by atoms with Crippen LogP contribution in [0.4, 0.5) is 4.39 Å². The average molecular weight is 299 g/mol. The molecule has 0 fully saturated rings. The number of rotatable bonds is 8. The van der Waals surface area contributed by atoms with Crippen molar-refractivity contribution in [1.29, 1.82) is 0 Å². The normalized spacial score (nSPS) is 11.4. The first-order valence-corrected chi connectivity index (χ1v) is 7.78. The van der Waals surface area contributed by atoms with Gasteiger partial charge in [-0.2, -0.15) is 0 Å². The average Bonchev–Trinajstić information content (AvgIpc) is 2.39. The second kappa shape index (κ2) is 8.27. The van der Waals surface area contributed by atoms with Crippen molar-refractivity contribution in [2.75, 3.05) is 18.9 Å². The molecule has 1 aromatic carbocycles. The van der Waals surface area contributed by atoms with Gasteiger partial charge in [-0.1, -0.05) is 26.0 Å². The van der Waals surface area contributed by atoms with E-state index in [1.165, 1.54) is 23.9 Å². The van der Waals surface area contributed by atoms with E-state index in [0.29, 0.717) is 24.5 Å². The number of thioether (sulfide) groups is 1. The minimum absolute atomic E-state index is 0.0110. The minimum atomic E-state index is -0.248. The lowest BCUT2D eigenvalue weighted by molar-refractivity contribution is -0.119. The van der Waals surface area contributed by atoms with Gasteiger partial charge in [0, 0.05) is 18.9 Å². The number of benzene rings is 1. The van der Waals surface area contributed by atoms with Crippen molar-refractivity contribution in [2.24, 2.45) is 5.41 Å². The Balaban J connectivity index is 2.22. The first-order valence-electron chi connectivity index (χ1n) is 6.63. The van der Waals surface area contributed by atoms with E-state index in [0.717, 1.165) is 5.56 Å². The third-order valence-corrected chi connectivity index (χ3v) is 3.97. The molecule has 0 bridgehead atoms. The Morgan fingerprint density at radius 1 is 1.35 bits per heavy atom. The zero-order valence-corrected chi connectivity index (χ0v) is 12.8. The minimum Gasteiger partial charge on any atom is -0.396 e. The summed E-state index contributed by atoms with van der Waals surface area (Å²) >= 11 is 1.50. The van der Waals surface area contributed by atoms with Crippen LogP contribution in [0, 0.1) is 11.2 Å². The van der Waals surface area contributed by atoms with Crippen molar-refractivity contribution >= 4 is 17.7 Å². The molecule has 1 rings (SSSR count). The zero-order valence-electron chi connectivity index (χ0n) is 12.0. The lowest BCUT2D eigenvalue weighted by Gasteiger charge is -2.23. The van der Waals surface area contributed by atoms with Gasteiger partial charge in [-0.05, 0) is 29.5 Å². The summed E-state index contributed by atoms with van der Waals surface area (Å²) in [6.45, 7) is 4.70. The number of aliphatic hydroxyl groups excluding tert-OH is 1. The molecule has 0 aliphatic rings. The van der Waals surface area contributed by atoms with E-state index < -0.39 is 0 Å². The van der Waals surface area contributed by atoms with Crippen LogP contribution in [0.15, 0.2) is 24.3 Å². The number of carbonyl (C=O) groups is 1. The van der Waals surface area contributed by atoms with Crippen LogP contribution in [0.2, 0.25) is 0 Å². The summed E-state index contributed by atoms with van der Waals surface area (Å²) in [6, 6.07) is 6.30. The standard InChI is InChI=1S/C15H22FNO2S/c1-15(2,7-8-18)11-17-14(19)10-20-9-12-3-5-13(16)6-4-12/h3-6,18H,7-11H2,1-2H3,(H,17,19). The molecule has 0 saturated carbocycles. The molecule has 1 aromatic rings. The highest BCUT2D eigenvalue weighted by Crippen LogP contribution is 2.18. The molecule has 3 nitrogen and oxygen atoms in total. The van der Waals surface area contributed by atoms with Crippen LogP contribution in [0.3, 0.4) is 0 Å². The molecule has 0 unspecified atom stereocenters. The second-order valence-electron chi connectivity index (χ2n) is 5.53. The highest BCUT2D eigenvalue weighted by atomic mass is 32.2. The van der Waals surface area contributed by atoms with Gasteiger partial charge in [0.05, 0.1) is 5.75 Å². The van der Waals surface area contributed by atoms with E-state index >= 15 is 0 Å². The van der Waals surface area contributed by atoms with Crippen LogP contribution in [0.1, 0.15) is 25.8 Å². The Hall–Kier alpha value is -1.07. The third-order valence-electron chi connectivity index (χ3n) is 2.97. The van der Waals surface area contributed by atoms with Crippen LogP contribution < -0.4 is 5.32 Å². The first-order chi connectivity index (χ1) is 9.43. The van der Waals surface area contributed by atoms with Gasteiger partial charge in [-0.15, -0.1) is 11.8 Å². The number of hydrogen-bond donors (Lipinski definition) is 2. The fourth-order valence-corrected chi connectivity index (χ4v) is 2.44. The van der Waals surface area contributed by atoms with Gasteiger partial charge in [0.25, 0.3) is 0 Å². The molecule has 0 aliphatic carbocycles. The first kappa shape index (κ1) is 17.0. The highest BCUT2D eigenvalue weighted by molar-refractivity contribution is 7.99. The maximum Gasteiger partial charge on any atom is 0.230 e. The molecule has 5 heteroatoms. The molecule has 0 radical (unpaired) electrons. The second-order valence-corrected chi connectivity index (χ2v) is 6.52. The highest BCUT2D eigenvalue weighted by Gasteiger charge is 2.17. The van der Waals surface area contributed by atoms with Crippen LogP contribution in [0.5, 0.6) is 0 Å². The van der Waals surface area contributed by atoms with Gasteiger partial charge in [-0.25, -0.2) is 4.39 Å². The monoisotopic (exact) mass is 299 g/mol. The van der Waals surface area contributed by atoms with Crippen molar-refractivity contribution < 1.29 is 14.3 Å². The molecule has 0 saturated heterocycles. The molecule has 0 aliphatic heterocycles. The Bertz CT molecular complexity index is 420. The number of amides is 1. The van der Waals surface area contributed by atoms with Gasteiger partial charge in [0.2, 0.25) is 5.91 Å². The molecule has 112 valence electrons. The number of nitrogens with one attached hydrogen (secondary N) is 1. The summed E-state index contributed by atoms with van der Waals surface area (Å²) in [5.41, 5.74) is 0.913. The largest absolute Gasteiger partial charge is 0.396 e. The predicted molar refractivity (Wildman–Crippen MR) is 81.1 cm³/mol. The van der Waals surface area contributed by atoms with Crippen molar-refractivity contribution in [1.82, 2.24) is 5.32 Å². The SMILES string of the molecule is CC(C)(CCO)CNC(=O)CSCc1ccc(F)cc1. The quantitative estimate of drug-likeness (QED) is 0.775. The smallest absolute Gasteiger partial charge is 0.230 e. The van der Waals surface area contributed by atoms with E-state index in [4.69, 9.17) is 5.11 Å². The fraction of sp³-hybridized carbons (Fsp3) is 0.533. The Morgan fingerprint density at radius 3 is 2.60 bits per heavy atom. The van der Waals surface area contributed by atoms with Crippen LogP contribution in [0.25, 0.3) is 0 Å². The molecule has 0 atom stereocenters. The Morgan fingerprint density at radius 2 is 2.00 bits per heavy atom. The summed E-state index contributed by atoms with van der Waals surface area (Å²) in [4.78, 5) is 11.7. The van der Waals surface area contributed by atoms with E-state index in [1.807, 2.05) is 13.8 Å². The Kier molecular flexibility index (Phi) is 7.02. The van der Waals surface area contributed by atoms with Gasteiger partial charge >= 0.3 is 0 Å². The molecule has 0 heterocycles. The summed E-state index contributed by atoms with van der Waals surface area (Å²) in [5.74, 6) is 0.811. The summed E-state index contributed by atoms with van der Waals surface area (Å²) < 4.78 is 12.7. The van der Waals surface area contributed by atoms with E-state index in [9.17, 15) is 9.18 Å². The molecule has 0 aromatic heterocycles. The lowest BCUT2D eigenvalue weighted by Crippen LogP contribution is -2.35. The topological polar surface area (TPSA) is 49.3 Å². The predicted octanol–water partition coefficient (Wildman–Crippen LogP) is 2.58. The van der Waals surface area contributed by atoms with Crippen molar-refractivity contribution in [2.45, 2.75) is 26.0 Å². The third kappa shape index (κ3) is 6.91. The van der Waals surface area contributed by atoms with Crippen LogP contribution in [-0.4, -0.2) is 29.9 Å². The summed E-state index contributed by atoms with van der Waals surface area (Å²) in [5, 5.41) is 11.8. The van der Waals surface area contributed by atoms with Crippen molar-refractivity contribution in [3.8, 4) is 0 Å². The van der Waals surface area contributed by atoms with E-state index in [1.54, 1.807) is 12.1 Å². The van der Waals surface area contributed by atoms with Crippen LogP contribution >= 0.6 is 11.8 Å². The molecular formula is C15H22FNO2S. The number of aliphatic hydroxyl groups is 1.